The van der Waals surface area contributed by atoms with Gasteiger partial charge in [-0.15, -0.1) is 0 Å². The van der Waals surface area contributed by atoms with Gasteiger partial charge in [0.25, 0.3) is 0 Å². The Morgan fingerprint density at radius 2 is 1.73 bits per heavy atom. The van der Waals surface area contributed by atoms with E-state index in [1.54, 1.807) is 0 Å². The Labute approximate surface area is 83.1 Å². The molecule has 76 valence electrons. The first-order valence-corrected chi connectivity index (χ1v) is 4.16. The lowest BCUT2D eigenvalue weighted by Gasteiger charge is -2.02. The molecule has 0 spiro atoms. The molecule has 4 heteroatoms. The molecule has 0 amide bonds. The van der Waals surface area contributed by atoms with Crippen molar-refractivity contribution in [2.75, 3.05) is 0 Å². The van der Waals surface area contributed by atoms with Crippen molar-refractivity contribution in [1.29, 1.82) is 0 Å². The fourth-order valence-electron chi connectivity index (χ4n) is 1.39. The van der Waals surface area contributed by atoms with E-state index >= 15 is 0 Å². The van der Waals surface area contributed by atoms with Crippen molar-refractivity contribution in [2.24, 2.45) is 0 Å². The van der Waals surface area contributed by atoms with Gasteiger partial charge in [0.1, 0.15) is 5.82 Å². The third-order valence-corrected chi connectivity index (χ3v) is 2.15. The van der Waals surface area contributed by atoms with Gasteiger partial charge in [-0.05, 0) is 23.6 Å². The van der Waals surface area contributed by atoms with Gasteiger partial charge in [0.2, 0.25) is 0 Å². The Morgan fingerprint density at radius 3 is 2.40 bits per heavy atom. The number of carbonyl (C=O) groups is 1. The first kappa shape index (κ1) is 9.71. The molecule has 0 atom stereocenters. The van der Waals surface area contributed by atoms with Crippen molar-refractivity contribution in [3.8, 4) is 0 Å². The van der Waals surface area contributed by atoms with Gasteiger partial charge < -0.3 is 0 Å². The Kier molecular flexibility index (Phi) is 2.19. The monoisotopic (exact) mass is 210 g/mol. The Bertz CT molecular complexity index is 549. The molecule has 0 radical (unpaired) electrons. The average Bonchev–Trinajstić information content (AvgIpc) is 2.24. The predicted octanol–water partition coefficient (Wildman–Crippen LogP) is 3.07. The van der Waals surface area contributed by atoms with E-state index in [4.69, 9.17) is 0 Å². The van der Waals surface area contributed by atoms with E-state index in [1.807, 2.05) is 0 Å². The summed E-state index contributed by atoms with van der Waals surface area (Å²) in [5.41, 5.74) is -0.173. The maximum atomic E-state index is 13.2. The summed E-state index contributed by atoms with van der Waals surface area (Å²) in [5.74, 6) is -3.01. The second-order valence-corrected chi connectivity index (χ2v) is 3.07. The summed E-state index contributed by atoms with van der Waals surface area (Å²) in [4.78, 5) is 10.4. The molecule has 0 unspecified atom stereocenters. The molecule has 0 aliphatic heterocycles. The summed E-state index contributed by atoms with van der Waals surface area (Å²) in [6.07, 6.45) is 0.329. The second-order valence-electron chi connectivity index (χ2n) is 3.07. The van der Waals surface area contributed by atoms with Crippen LogP contribution in [0.1, 0.15) is 10.4 Å². The molecule has 0 bridgehead atoms. The molecule has 2 aromatic carbocycles. The van der Waals surface area contributed by atoms with E-state index in [1.165, 1.54) is 12.1 Å². The molecule has 0 N–H and O–H groups in total. The lowest BCUT2D eigenvalue weighted by Crippen LogP contribution is -1.92. The number of fused-ring (bicyclic) bond motifs is 1. The van der Waals surface area contributed by atoms with Crippen molar-refractivity contribution in [3.63, 3.8) is 0 Å². The number of aldehydes is 1. The lowest BCUT2D eigenvalue weighted by atomic mass is 10.1. The highest BCUT2D eigenvalue weighted by atomic mass is 19.2. The topological polar surface area (TPSA) is 17.1 Å². The lowest BCUT2D eigenvalue weighted by molar-refractivity contribution is 0.112. The molecular formula is C11H5F3O. The van der Waals surface area contributed by atoms with E-state index in [-0.39, 0.29) is 16.3 Å². The van der Waals surface area contributed by atoms with Gasteiger partial charge in [0.15, 0.2) is 17.9 Å². The SMILES string of the molecule is O=Cc1cc2ccc(F)c(F)c2cc1F. The Morgan fingerprint density at radius 1 is 1.00 bits per heavy atom. The van der Waals surface area contributed by atoms with E-state index in [2.05, 4.69) is 0 Å². The van der Waals surface area contributed by atoms with Crippen LogP contribution in [0.5, 0.6) is 0 Å². The van der Waals surface area contributed by atoms with Gasteiger partial charge in [-0.3, -0.25) is 4.79 Å². The minimum atomic E-state index is -1.11. The summed E-state index contributed by atoms with van der Waals surface area (Å²) in [7, 11) is 0. The van der Waals surface area contributed by atoms with Crippen LogP contribution in [0.4, 0.5) is 13.2 Å². The highest BCUT2D eigenvalue weighted by Gasteiger charge is 2.10. The molecular weight excluding hydrogens is 205 g/mol. The Balaban J connectivity index is 2.87. The first-order valence-electron chi connectivity index (χ1n) is 4.16. The van der Waals surface area contributed by atoms with Crippen LogP contribution in [0.2, 0.25) is 0 Å². The minimum absolute atomic E-state index is 0.168. The number of hydrogen-bond acceptors (Lipinski definition) is 1. The van der Waals surface area contributed by atoms with Crippen LogP contribution in [-0.4, -0.2) is 6.29 Å². The molecule has 2 rings (SSSR count). The average molecular weight is 210 g/mol. The third kappa shape index (κ3) is 1.48. The normalized spacial score (nSPS) is 10.6. The summed E-state index contributed by atoms with van der Waals surface area (Å²) in [6, 6.07) is 4.22. The van der Waals surface area contributed by atoms with Crippen molar-refractivity contribution < 1.29 is 18.0 Å². The standard InChI is InChI=1S/C11H5F3O/c12-9-2-1-6-3-7(5-15)10(13)4-8(6)11(9)14/h1-5H. The van der Waals surface area contributed by atoms with Gasteiger partial charge in [-0.2, -0.15) is 0 Å². The molecule has 0 aliphatic rings. The highest BCUT2D eigenvalue weighted by Crippen LogP contribution is 2.23. The summed E-state index contributed by atoms with van der Waals surface area (Å²) in [5, 5.41) is 0.121. The number of halogens is 3. The number of hydrogen-bond donors (Lipinski definition) is 0. The fraction of sp³-hybridized carbons (Fsp3) is 0. The zero-order chi connectivity index (χ0) is 11.0. The first-order chi connectivity index (χ1) is 7.13. The van der Waals surface area contributed by atoms with Gasteiger partial charge >= 0.3 is 0 Å². The van der Waals surface area contributed by atoms with E-state index in [9.17, 15) is 18.0 Å². The van der Waals surface area contributed by atoms with Crippen molar-refractivity contribution >= 4 is 17.1 Å². The minimum Gasteiger partial charge on any atom is -0.298 e. The van der Waals surface area contributed by atoms with Crippen molar-refractivity contribution in [2.45, 2.75) is 0 Å². The van der Waals surface area contributed by atoms with Gasteiger partial charge in [-0.1, -0.05) is 6.07 Å². The second kappa shape index (κ2) is 3.38. The summed E-state index contributed by atoms with van der Waals surface area (Å²) >= 11 is 0. The number of benzene rings is 2. The van der Waals surface area contributed by atoms with Crippen molar-refractivity contribution in [3.05, 3.63) is 47.3 Å². The molecule has 0 fully saturated rings. The van der Waals surface area contributed by atoms with Crippen LogP contribution < -0.4 is 0 Å². The van der Waals surface area contributed by atoms with Crippen LogP contribution in [-0.2, 0) is 0 Å². The van der Waals surface area contributed by atoms with Gasteiger partial charge in [-0.25, -0.2) is 13.2 Å². The van der Waals surface area contributed by atoms with Gasteiger partial charge in [0, 0.05) is 5.39 Å². The highest BCUT2D eigenvalue weighted by molar-refractivity contribution is 5.89. The van der Waals surface area contributed by atoms with Crippen LogP contribution in [0.3, 0.4) is 0 Å². The molecule has 1 nitrogen and oxygen atoms in total. The van der Waals surface area contributed by atoms with E-state index in [0.29, 0.717) is 6.29 Å². The van der Waals surface area contributed by atoms with Crippen LogP contribution >= 0.6 is 0 Å². The van der Waals surface area contributed by atoms with Crippen molar-refractivity contribution in [1.82, 2.24) is 0 Å². The Hall–Kier alpha value is -1.84. The van der Waals surface area contributed by atoms with E-state index < -0.39 is 17.5 Å². The molecule has 2 aromatic rings. The molecule has 0 saturated carbocycles. The molecule has 0 heterocycles. The fourth-order valence-corrected chi connectivity index (χ4v) is 1.39. The maximum Gasteiger partial charge on any atom is 0.166 e. The largest absolute Gasteiger partial charge is 0.298 e. The van der Waals surface area contributed by atoms with Crippen LogP contribution in [0, 0.1) is 17.5 Å². The third-order valence-electron chi connectivity index (χ3n) is 2.15. The number of carbonyl (C=O) groups excluding carboxylic acids is 1. The quantitative estimate of drug-likeness (QED) is 0.661. The predicted molar refractivity (Wildman–Crippen MR) is 49.2 cm³/mol. The summed E-state index contributed by atoms with van der Waals surface area (Å²) in [6.45, 7) is 0. The molecule has 0 saturated heterocycles. The smallest absolute Gasteiger partial charge is 0.166 e. The maximum absolute atomic E-state index is 13.2. The van der Waals surface area contributed by atoms with Gasteiger partial charge in [0.05, 0.1) is 5.56 Å². The number of rotatable bonds is 1. The molecule has 0 aromatic heterocycles. The summed E-state index contributed by atoms with van der Waals surface area (Å²) < 4.78 is 39.1. The molecule has 0 aliphatic carbocycles. The zero-order valence-corrected chi connectivity index (χ0v) is 7.43. The van der Waals surface area contributed by atoms with Crippen LogP contribution in [0.25, 0.3) is 10.8 Å². The molecule has 15 heavy (non-hydrogen) atoms. The van der Waals surface area contributed by atoms with E-state index in [0.717, 1.165) is 12.1 Å². The van der Waals surface area contributed by atoms with Crippen LogP contribution in [0.15, 0.2) is 24.3 Å². The zero-order valence-electron chi connectivity index (χ0n) is 7.43.